The van der Waals surface area contributed by atoms with Crippen LogP contribution >= 0.6 is 11.6 Å². The Balaban J connectivity index is 1.44. The molecule has 0 unspecified atom stereocenters. The van der Waals surface area contributed by atoms with Crippen molar-refractivity contribution in [3.8, 4) is 0 Å². The molecular weight excluding hydrogens is 350 g/mol. The second-order valence-corrected chi connectivity index (χ2v) is 7.69. The van der Waals surface area contributed by atoms with Gasteiger partial charge < -0.3 is 10.2 Å². The number of carbonyl (C=O) groups excluding carboxylic acids is 2. The Bertz CT molecular complexity index is 629. The molecule has 1 saturated carbocycles. The standard InChI is InChI=1S/C20H28ClN3O2/c21-17-9-5-6-10-18(17)24-14-13-23(15-20(24)26)12-11-19(25)22-16-7-3-1-2-4-8-16/h5-6,9-10,16H,1-4,7-8,11-15H2,(H,22,25). The lowest BCUT2D eigenvalue weighted by Crippen LogP contribution is -2.51. The summed E-state index contributed by atoms with van der Waals surface area (Å²) in [4.78, 5) is 28.5. The quantitative estimate of drug-likeness (QED) is 0.801. The van der Waals surface area contributed by atoms with Crippen LogP contribution in [0.5, 0.6) is 0 Å². The van der Waals surface area contributed by atoms with E-state index in [-0.39, 0.29) is 11.8 Å². The predicted molar refractivity (Wildman–Crippen MR) is 104 cm³/mol. The highest BCUT2D eigenvalue weighted by molar-refractivity contribution is 6.33. The molecule has 26 heavy (non-hydrogen) atoms. The first-order valence-electron chi connectivity index (χ1n) is 9.70. The van der Waals surface area contributed by atoms with E-state index in [4.69, 9.17) is 11.6 Å². The fourth-order valence-electron chi connectivity index (χ4n) is 3.82. The molecule has 2 fully saturated rings. The monoisotopic (exact) mass is 377 g/mol. The minimum absolute atomic E-state index is 0.0357. The van der Waals surface area contributed by atoms with Gasteiger partial charge in [-0.1, -0.05) is 49.4 Å². The average Bonchev–Trinajstić information content (AvgIpc) is 2.90. The van der Waals surface area contributed by atoms with Crippen LogP contribution in [0.15, 0.2) is 24.3 Å². The van der Waals surface area contributed by atoms with Gasteiger partial charge in [-0.05, 0) is 25.0 Å². The molecule has 1 aromatic carbocycles. The number of carbonyl (C=O) groups is 2. The maximum atomic E-state index is 12.5. The SMILES string of the molecule is O=C(CCN1CCN(c2ccccc2Cl)C(=O)C1)NC1CCCCCC1. The second kappa shape index (κ2) is 9.38. The number of hydrogen-bond donors (Lipinski definition) is 1. The third kappa shape index (κ3) is 5.21. The van der Waals surface area contributed by atoms with Crippen LogP contribution in [-0.4, -0.2) is 48.9 Å². The minimum atomic E-state index is 0.0357. The fourth-order valence-corrected chi connectivity index (χ4v) is 4.06. The summed E-state index contributed by atoms with van der Waals surface area (Å²) in [5, 5.41) is 3.77. The number of amides is 2. The van der Waals surface area contributed by atoms with Crippen molar-refractivity contribution in [1.29, 1.82) is 0 Å². The third-order valence-corrected chi connectivity index (χ3v) is 5.64. The van der Waals surface area contributed by atoms with Gasteiger partial charge >= 0.3 is 0 Å². The van der Waals surface area contributed by atoms with Crippen molar-refractivity contribution in [2.24, 2.45) is 0 Å². The summed E-state index contributed by atoms with van der Waals surface area (Å²) in [5.41, 5.74) is 0.768. The van der Waals surface area contributed by atoms with E-state index in [0.29, 0.717) is 37.1 Å². The molecule has 1 saturated heterocycles. The first-order chi connectivity index (χ1) is 12.6. The van der Waals surface area contributed by atoms with E-state index in [9.17, 15) is 9.59 Å². The molecule has 0 atom stereocenters. The summed E-state index contributed by atoms with van der Waals surface area (Å²) < 4.78 is 0. The van der Waals surface area contributed by atoms with E-state index in [0.717, 1.165) is 25.1 Å². The van der Waals surface area contributed by atoms with Gasteiger partial charge in [-0.15, -0.1) is 0 Å². The van der Waals surface area contributed by atoms with Gasteiger partial charge in [-0.3, -0.25) is 14.5 Å². The van der Waals surface area contributed by atoms with Crippen molar-refractivity contribution >= 4 is 29.1 Å². The Kier molecular flexibility index (Phi) is 6.92. The maximum Gasteiger partial charge on any atom is 0.241 e. The molecule has 1 aliphatic carbocycles. The Labute approximate surface area is 160 Å². The van der Waals surface area contributed by atoms with Gasteiger partial charge in [-0.2, -0.15) is 0 Å². The molecule has 6 heteroatoms. The predicted octanol–water partition coefficient (Wildman–Crippen LogP) is 3.22. The molecule has 2 aliphatic rings. The molecule has 1 aromatic rings. The van der Waals surface area contributed by atoms with Gasteiger partial charge in [0, 0.05) is 32.1 Å². The normalized spacial score (nSPS) is 20.0. The second-order valence-electron chi connectivity index (χ2n) is 7.28. The first-order valence-corrected chi connectivity index (χ1v) is 10.1. The van der Waals surface area contributed by atoms with Crippen molar-refractivity contribution in [3.05, 3.63) is 29.3 Å². The lowest BCUT2D eigenvalue weighted by molar-refractivity contribution is -0.124. The topological polar surface area (TPSA) is 52.7 Å². The van der Waals surface area contributed by atoms with Crippen LogP contribution in [0.4, 0.5) is 5.69 Å². The molecule has 2 amide bonds. The number of benzene rings is 1. The van der Waals surface area contributed by atoms with Crippen molar-refractivity contribution in [1.82, 2.24) is 10.2 Å². The number of para-hydroxylation sites is 1. The molecule has 1 N–H and O–H groups in total. The minimum Gasteiger partial charge on any atom is -0.353 e. The highest BCUT2D eigenvalue weighted by Gasteiger charge is 2.26. The number of halogens is 1. The van der Waals surface area contributed by atoms with Gasteiger partial charge in [0.25, 0.3) is 0 Å². The number of hydrogen-bond acceptors (Lipinski definition) is 3. The highest BCUT2D eigenvalue weighted by atomic mass is 35.5. The van der Waals surface area contributed by atoms with Crippen molar-refractivity contribution in [2.75, 3.05) is 31.1 Å². The third-order valence-electron chi connectivity index (χ3n) is 5.32. The smallest absolute Gasteiger partial charge is 0.241 e. The van der Waals surface area contributed by atoms with E-state index in [1.165, 1.54) is 25.7 Å². The molecule has 0 aromatic heterocycles. The van der Waals surface area contributed by atoms with Crippen LogP contribution in [0.25, 0.3) is 0 Å². The summed E-state index contributed by atoms with van der Waals surface area (Å²) in [6.45, 7) is 2.32. The molecule has 1 aliphatic heterocycles. The van der Waals surface area contributed by atoms with Gasteiger partial charge in [0.2, 0.25) is 11.8 Å². The molecule has 1 heterocycles. The Morgan fingerprint density at radius 3 is 2.54 bits per heavy atom. The Morgan fingerprint density at radius 2 is 1.85 bits per heavy atom. The summed E-state index contributed by atoms with van der Waals surface area (Å²) in [7, 11) is 0. The summed E-state index contributed by atoms with van der Waals surface area (Å²) in [5.74, 6) is 0.145. The van der Waals surface area contributed by atoms with Crippen LogP contribution in [0.2, 0.25) is 5.02 Å². The van der Waals surface area contributed by atoms with E-state index < -0.39 is 0 Å². The van der Waals surface area contributed by atoms with E-state index in [2.05, 4.69) is 10.2 Å². The molecule has 0 radical (unpaired) electrons. The van der Waals surface area contributed by atoms with Gasteiger partial charge in [0.05, 0.1) is 17.3 Å². The van der Waals surface area contributed by atoms with Crippen LogP contribution in [0.1, 0.15) is 44.9 Å². The first kappa shape index (κ1) is 19.2. The largest absolute Gasteiger partial charge is 0.353 e. The number of rotatable bonds is 5. The van der Waals surface area contributed by atoms with Gasteiger partial charge in [-0.25, -0.2) is 0 Å². The number of nitrogens with one attached hydrogen (secondary N) is 1. The van der Waals surface area contributed by atoms with E-state index in [1.807, 2.05) is 18.2 Å². The number of nitrogens with zero attached hydrogens (tertiary/aromatic N) is 2. The molecule has 0 bridgehead atoms. The summed E-state index contributed by atoms with van der Waals surface area (Å²) in [6.07, 6.45) is 7.64. The van der Waals surface area contributed by atoms with Crippen molar-refractivity contribution in [2.45, 2.75) is 51.0 Å². The van der Waals surface area contributed by atoms with E-state index >= 15 is 0 Å². The Hall–Kier alpha value is -1.59. The molecule has 5 nitrogen and oxygen atoms in total. The fraction of sp³-hybridized carbons (Fsp3) is 0.600. The van der Waals surface area contributed by atoms with Crippen LogP contribution < -0.4 is 10.2 Å². The zero-order valence-corrected chi connectivity index (χ0v) is 16.0. The molecular formula is C20H28ClN3O2. The average molecular weight is 378 g/mol. The van der Waals surface area contributed by atoms with Crippen LogP contribution in [-0.2, 0) is 9.59 Å². The highest BCUT2D eigenvalue weighted by Crippen LogP contribution is 2.26. The number of piperazine rings is 1. The lowest BCUT2D eigenvalue weighted by atomic mass is 10.1. The van der Waals surface area contributed by atoms with Crippen molar-refractivity contribution in [3.63, 3.8) is 0 Å². The Morgan fingerprint density at radius 1 is 1.12 bits per heavy atom. The van der Waals surface area contributed by atoms with Gasteiger partial charge in [0.1, 0.15) is 0 Å². The maximum absolute atomic E-state index is 12.5. The molecule has 3 rings (SSSR count). The van der Waals surface area contributed by atoms with Crippen LogP contribution in [0.3, 0.4) is 0 Å². The van der Waals surface area contributed by atoms with Crippen LogP contribution in [0, 0.1) is 0 Å². The zero-order valence-electron chi connectivity index (χ0n) is 15.3. The summed E-state index contributed by atoms with van der Waals surface area (Å²) in [6, 6.07) is 7.76. The van der Waals surface area contributed by atoms with Gasteiger partial charge in [0.15, 0.2) is 0 Å². The lowest BCUT2D eigenvalue weighted by Gasteiger charge is -2.34. The van der Waals surface area contributed by atoms with Crippen molar-refractivity contribution < 1.29 is 9.59 Å². The number of anilines is 1. The van der Waals surface area contributed by atoms with E-state index in [1.54, 1.807) is 11.0 Å². The zero-order chi connectivity index (χ0) is 18.4. The summed E-state index contributed by atoms with van der Waals surface area (Å²) >= 11 is 6.21. The molecule has 142 valence electrons. The molecule has 0 spiro atoms.